The van der Waals surface area contributed by atoms with Crippen molar-refractivity contribution in [2.75, 3.05) is 32.8 Å². The molecule has 1 fully saturated rings. The molecule has 0 aliphatic carbocycles. The van der Waals surface area contributed by atoms with Crippen LogP contribution >= 0.6 is 0 Å². The predicted octanol–water partition coefficient (Wildman–Crippen LogP) is 1.68. The SMILES string of the molecule is NCCc1nc2cccc(CCC(=O)N3CCOCC3)c2c(=O)n1-c1ccccc1. The molecule has 7 nitrogen and oxygen atoms in total. The first-order chi connectivity index (χ1) is 14.7. The van der Waals surface area contributed by atoms with Crippen LogP contribution in [0.25, 0.3) is 16.6 Å². The smallest absolute Gasteiger partial charge is 0.266 e. The van der Waals surface area contributed by atoms with Crippen LogP contribution in [0, 0.1) is 0 Å². The van der Waals surface area contributed by atoms with Gasteiger partial charge in [-0.05, 0) is 36.7 Å². The van der Waals surface area contributed by atoms with E-state index in [1.165, 1.54) is 0 Å². The summed E-state index contributed by atoms with van der Waals surface area (Å²) in [4.78, 5) is 32.7. The molecule has 1 amide bonds. The second kappa shape index (κ2) is 9.19. The highest BCUT2D eigenvalue weighted by atomic mass is 16.5. The van der Waals surface area contributed by atoms with Crippen molar-refractivity contribution in [3.63, 3.8) is 0 Å². The number of rotatable bonds is 6. The van der Waals surface area contributed by atoms with Crippen LogP contribution in [0.5, 0.6) is 0 Å². The number of hydrogen-bond acceptors (Lipinski definition) is 5. The molecule has 3 aromatic rings. The number of morpholine rings is 1. The van der Waals surface area contributed by atoms with Crippen LogP contribution in [0.15, 0.2) is 53.3 Å². The molecule has 4 rings (SSSR count). The minimum absolute atomic E-state index is 0.0893. The van der Waals surface area contributed by atoms with Crippen molar-refractivity contribution >= 4 is 16.8 Å². The molecule has 0 spiro atoms. The van der Waals surface area contributed by atoms with Gasteiger partial charge in [0.1, 0.15) is 5.82 Å². The number of aryl methyl sites for hydroxylation is 1. The van der Waals surface area contributed by atoms with Gasteiger partial charge >= 0.3 is 0 Å². The van der Waals surface area contributed by atoms with E-state index in [-0.39, 0.29) is 11.5 Å². The molecular formula is C23H26N4O3. The van der Waals surface area contributed by atoms with Gasteiger partial charge in [-0.25, -0.2) is 4.98 Å². The zero-order chi connectivity index (χ0) is 20.9. The highest BCUT2D eigenvalue weighted by Crippen LogP contribution is 2.19. The number of fused-ring (bicyclic) bond motifs is 1. The lowest BCUT2D eigenvalue weighted by Gasteiger charge is -2.26. The summed E-state index contributed by atoms with van der Waals surface area (Å²) in [5.74, 6) is 0.731. The average molecular weight is 406 g/mol. The Morgan fingerprint density at radius 2 is 1.80 bits per heavy atom. The molecule has 1 aliphatic heterocycles. The predicted molar refractivity (Wildman–Crippen MR) is 116 cm³/mol. The first-order valence-electron chi connectivity index (χ1n) is 10.3. The zero-order valence-electron chi connectivity index (χ0n) is 16.9. The molecule has 1 saturated heterocycles. The number of carbonyl (C=O) groups is 1. The van der Waals surface area contributed by atoms with Crippen LogP contribution in [-0.4, -0.2) is 53.2 Å². The van der Waals surface area contributed by atoms with Crippen LogP contribution < -0.4 is 11.3 Å². The number of nitrogens with two attached hydrogens (primary N) is 1. The Kier molecular flexibility index (Phi) is 6.21. The van der Waals surface area contributed by atoms with E-state index in [1.807, 2.05) is 53.4 Å². The van der Waals surface area contributed by atoms with Crippen LogP contribution in [0.3, 0.4) is 0 Å². The van der Waals surface area contributed by atoms with Gasteiger partial charge in [-0.15, -0.1) is 0 Å². The van der Waals surface area contributed by atoms with E-state index in [0.29, 0.717) is 68.8 Å². The van der Waals surface area contributed by atoms with Crippen molar-refractivity contribution in [2.45, 2.75) is 19.3 Å². The van der Waals surface area contributed by atoms with E-state index in [0.717, 1.165) is 11.3 Å². The Labute approximate surface area is 175 Å². The maximum absolute atomic E-state index is 13.6. The van der Waals surface area contributed by atoms with Crippen molar-refractivity contribution in [2.24, 2.45) is 5.73 Å². The molecule has 1 aromatic heterocycles. The highest BCUT2D eigenvalue weighted by molar-refractivity contribution is 5.83. The molecule has 0 radical (unpaired) electrons. The minimum atomic E-state index is -0.121. The number of para-hydroxylation sites is 1. The van der Waals surface area contributed by atoms with Gasteiger partial charge in [0.15, 0.2) is 0 Å². The second-order valence-corrected chi connectivity index (χ2v) is 7.35. The summed E-state index contributed by atoms with van der Waals surface area (Å²) in [6.07, 6.45) is 1.35. The van der Waals surface area contributed by atoms with Gasteiger partial charge < -0.3 is 15.4 Å². The second-order valence-electron chi connectivity index (χ2n) is 7.35. The molecule has 30 heavy (non-hydrogen) atoms. The van der Waals surface area contributed by atoms with Crippen molar-refractivity contribution in [1.29, 1.82) is 0 Å². The van der Waals surface area contributed by atoms with E-state index in [9.17, 15) is 9.59 Å². The maximum atomic E-state index is 13.6. The van der Waals surface area contributed by atoms with Crippen molar-refractivity contribution in [3.05, 3.63) is 70.3 Å². The first kappa shape index (κ1) is 20.3. The first-order valence-corrected chi connectivity index (χ1v) is 10.3. The van der Waals surface area contributed by atoms with Gasteiger partial charge in [0.25, 0.3) is 5.56 Å². The number of nitrogens with zero attached hydrogens (tertiary/aromatic N) is 3. The lowest BCUT2D eigenvalue weighted by molar-refractivity contribution is -0.135. The zero-order valence-corrected chi connectivity index (χ0v) is 16.9. The molecule has 0 saturated carbocycles. The summed E-state index contributed by atoms with van der Waals surface area (Å²) in [7, 11) is 0. The van der Waals surface area contributed by atoms with E-state index < -0.39 is 0 Å². The lowest BCUT2D eigenvalue weighted by atomic mass is 10.0. The van der Waals surface area contributed by atoms with Gasteiger partial charge in [-0.2, -0.15) is 0 Å². The van der Waals surface area contributed by atoms with Gasteiger partial charge in [-0.3, -0.25) is 14.2 Å². The minimum Gasteiger partial charge on any atom is -0.378 e. The Hall–Kier alpha value is -3.03. The van der Waals surface area contributed by atoms with Crippen molar-refractivity contribution < 1.29 is 9.53 Å². The topological polar surface area (TPSA) is 90.5 Å². The number of amides is 1. The quantitative estimate of drug-likeness (QED) is 0.673. The Balaban J connectivity index is 1.72. The fraction of sp³-hybridized carbons (Fsp3) is 0.348. The van der Waals surface area contributed by atoms with Gasteiger partial charge in [-0.1, -0.05) is 30.3 Å². The van der Waals surface area contributed by atoms with E-state index in [1.54, 1.807) is 4.57 Å². The van der Waals surface area contributed by atoms with Crippen molar-refractivity contribution in [3.8, 4) is 5.69 Å². The fourth-order valence-electron chi connectivity index (χ4n) is 3.91. The summed E-state index contributed by atoms with van der Waals surface area (Å²) in [5, 5.41) is 0.567. The summed E-state index contributed by atoms with van der Waals surface area (Å²) in [6, 6.07) is 15.1. The van der Waals surface area contributed by atoms with Crippen LogP contribution in [0.1, 0.15) is 17.8 Å². The lowest BCUT2D eigenvalue weighted by Crippen LogP contribution is -2.40. The van der Waals surface area contributed by atoms with Crippen LogP contribution in [-0.2, 0) is 22.4 Å². The number of aromatic nitrogens is 2. The summed E-state index contributed by atoms with van der Waals surface area (Å²) in [6.45, 7) is 2.81. The largest absolute Gasteiger partial charge is 0.378 e. The maximum Gasteiger partial charge on any atom is 0.266 e. The molecule has 7 heteroatoms. The molecule has 2 aromatic carbocycles. The normalized spacial score (nSPS) is 14.2. The Morgan fingerprint density at radius 1 is 1.03 bits per heavy atom. The fourth-order valence-corrected chi connectivity index (χ4v) is 3.91. The highest BCUT2D eigenvalue weighted by Gasteiger charge is 2.19. The molecule has 0 bridgehead atoms. The molecular weight excluding hydrogens is 380 g/mol. The average Bonchev–Trinajstić information content (AvgIpc) is 2.79. The van der Waals surface area contributed by atoms with E-state index in [4.69, 9.17) is 15.5 Å². The summed E-state index contributed by atoms with van der Waals surface area (Å²) < 4.78 is 6.96. The molecule has 0 unspecified atom stereocenters. The monoisotopic (exact) mass is 406 g/mol. The van der Waals surface area contributed by atoms with Crippen molar-refractivity contribution in [1.82, 2.24) is 14.5 Å². The van der Waals surface area contributed by atoms with E-state index >= 15 is 0 Å². The summed E-state index contributed by atoms with van der Waals surface area (Å²) >= 11 is 0. The van der Waals surface area contributed by atoms with Crippen LogP contribution in [0.2, 0.25) is 0 Å². The summed E-state index contributed by atoms with van der Waals surface area (Å²) in [5.41, 5.74) is 7.91. The number of ether oxygens (including phenoxy) is 1. The number of hydrogen-bond donors (Lipinski definition) is 1. The Morgan fingerprint density at radius 3 is 2.53 bits per heavy atom. The number of carbonyl (C=O) groups excluding carboxylic acids is 1. The van der Waals surface area contributed by atoms with Crippen LogP contribution in [0.4, 0.5) is 0 Å². The third-order valence-electron chi connectivity index (χ3n) is 5.41. The van der Waals surface area contributed by atoms with Gasteiger partial charge in [0.2, 0.25) is 5.91 Å². The van der Waals surface area contributed by atoms with Gasteiger partial charge in [0, 0.05) is 25.9 Å². The number of benzene rings is 2. The molecule has 2 N–H and O–H groups in total. The molecule has 156 valence electrons. The molecule has 1 aliphatic rings. The standard InChI is InChI=1S/C23H26N4O3/c24-12-11-20-25-19-8-4-5-17(9-10-21(28)26-13-15-30-16-14-26)22(19)23(29)27(20)18-6-2-1-3-7-18/h1-8H,9-16,24H2. The third kappa shape index (κ3) is 4.13. The Bertz CT molecular complexity index is 1090. The van der Waals surface area contributed by atoms with Gasteiger partial charge in [0.05, 0.1) is 29.8 Å². The molecule has 2 heterocycles. The van der Waals surface area contributed by atoms with E-state index in [2.05, 4.69) is 0 Å². The third-order valence-corrected chi connectivity index (χ3v) is 5.41. The molecule has 0 atom stereocenters.